The molecular weight excluding hydrogens is 358 g/mol. The lowest BCUT2D eigenvalue weighted by atomic mass is 10.1. The summed E-state index contributed by atoms with van der Waals surface area (Å²) >= 11 is 0. The van der Waals surface area contributed by atoms with Gasteiger partial charge in [0, 0.05) is 11.6 Å². The molecule has 0 saturated heterocycles. The number of para-hydroxylation sites is 1. The van der Waals surface area contributed by atoms with Crippen molar-refractivity contribution in [1.82, 2.24) is 14.9 Å². The Hall–Kier alpha value is -3.61. The lowest BCUT2D eigenvalue weighted by Gasteiger charge is -2.09. The van der Waals surface area contributed by atoms with Crippen molar-refractivity contribution in [2.75, 3.05) is 20.3 Å². The number of nitrogens with zero attached hydrogens (tertiary/aromatic N) is 2. The Morgan fingerprint density at radius 1 is 1.07 bits per heavy atom. The Morgan fingerprint density at radius 2 is 1.82 bits per heavy atom. The summed E-state index contributed by atoms with van der Waals surface area (Å²) in [7, 11) is 1.59. The van der Waals surface area contributed by atoms with E-state index >= 15 is 0 Å². The third-order valence-corrected chi connectivity index (χ3v) is 4.02. The highest BCUT2D eigenvalue weighted by atomic mass is 16.5. The Labute approximate surface area is 162 Å². The third kappa shape index (κ3) is 5.20. The third-order valence-electron chi connectivity index (χ3n) is 4.02. The van der Waals surface area contributed by atoms with Gasteiger partial charge >= 0.3 is 0 Å². The molecule has 0 aliphatic rings. The van der Waals surface area contributed by atoms with E-state index in [1.165, 1.54) is 17.0 Å². The van der Waals surface area contributed by atoms with E-state index in [1.54, 1.807) is 19.2 Å². The molecule has 0 atom stereocenters. The van der Waals surface area contributed by atoms with Gasteiger partial charge in [0.15, 0.2) is 0 Å². The van der Waals surface area contributed by atoms with Crippen molar-refractivity contribution < 1.29 is 14.3 Å². The Bertz CT molecular complexity index is 969. The first-order chi connectivity index (χ1) is 13.7. The van der Waals surface area contributed by atoms with E-state index < -0.39 is 0 Å². The van der Waals surface area contributed by atoms with Gasteiger partial charge in [-0.15, -0.1) is 0 Å². The number of carbonyl (C=O) groups excluding carboxylic acids is 1. The van der Waals surface area contributed by atoms with E-state index in [9.17, 15) is 9.59 Å². The van der Waals surface area contributed by atoms with Crippen LogP contribution in [0.25, 0.3) is 11.3 Å². The number of amides is 1. The highest BCUT2D eigenvalue weighted by Crippen LogP contribution is 2.19. The molecule has 1 heterocycles. The van der Waals surface area contributed by atoms with Crippen molar-refractivity contribution in [3.05, 3.63) is 77.3 Å². The molecule has 7 heteroatoms. The zero-order valence-electron chi connectivity index (χ0n) is 15.5. The van der Waals surface area contributed by atoms with Gasteiger partial charge in [-0.25, -0.2) is 4.98 Å². The first kappa shape index (κ1) is 19.2. The van der Waals surface area contributed by atoms with Crippen molar-refractivity contribution in [2.24, 2.45) is 0 Å². The SMILES string of the molecule is COc1ccc(-c2cc(=O)n(CC(=O)NCCOc3ccccc3)cn2)cc1. The molecule has 7 nitrogen and oxygen atoms in total. The lowest BCUT2D eigenvalue weighted by Crippen LogP contribution is -2.34. The van der Waals surface area contributed by atoms with Crippen LogP contribution in [0.2, 0.25) is 0 Å². The summed E-state index contributed by atoms with van der Waals surface area (Å²) < 4.78 is 11.9. The van der Waals surface area contributed by atoms with Gasteiger partial charge in [-0.1, -0.05) is 18.2 Å². The summed E-state index contributed by atoms with van der Waals surface area (Å²) in [6.07, 6.45) is 1.38. The number of benzene rings is 2. The molecule has 1 amide bonds. The minimum Gasteiger partial charge on any atom is -0.497 e. The second-order valence-electron chi connectivity index (χ2n) is 5.98. The van der Waals surface area contributed by atoms with Gasteiger partial charge in [0.05, 0.1) is 25.7 Å². The number of hydrogen-bond donors (Lipinski definition) is 1. The summed E-state index contributed by atoms with van der Waals surface area (Å²) in [6, 6.07) is 18.0. The molecular formula is C21H21N3O4. The van der Waals surface area contributed by atoms with Crippen LogP contribution >= 0.6 is 0 Å². The molecule has 3 rings (SSSR count). The topological polar surface area (TPSA) is 82.5 Å². The molecule has 0 spiro atoms. The van der Waals surface area contributed by atoms with Crippen LogP contribution in [0, 0.1) is 0 Å². The maximum atomic E-state index is 12.3. The van der Waals surface area contributed by atoms with E-state index in [-0.39, 0.29) is 18.0 Å². The predicted octanol–water partition coefficient (Wildman–Crippen LogP) is 2.11. The summed E-state index contributed by atoms with van der Waals surface area (Å²) in [6.45, 7) is 0.596. The van der Waals surface area contributed by atoms with Crippen molar-refractivity contribution >= 4 is 5.91 Å². The molecule has 0 fully saturated rings. The number of hydrogen-bond acceptors (Lipinski definition) is 5. The molecule has 144 valence electrons. The summed E-state index contributed by atoms with van der Waals surface area (Å²) in [5.41, 5.74) is 1.05. The average molecular weight is 379 g/mol. The number of nitrogens with one attached hydrogen (secondary N) is 1. The first-order valence-electron chi connectivity index (χ1n) is 8.81. The van der Waals surface area contributed by atoms with Crippen LogP contribution < -0.4 is 20.3 Å². The van der Waals surface area contributed by atoms with Gasteiger partial charge in [0.25, 0.3) is 5.56 Å². The highest BCUT2D eigenvalue weighted by molar-refractivity contribution is 5.75. The molecule has 0 saturated carbocycles. The summed E-state index contributed by atoms with van der Waals surface area (Å²) in [4.78, 5) is 28.6. The van der Waals surface area contributed by atoms with Gasteiger partial charge in [-0.3, -0.25) is 14.2 Å². The molecule has 0 bridgehead atoms. The lowest BCUT2D eigenvalue weighted by molar-refractivity contribution is -0.121. The standard InChI is InChI=1S/C21H21N3O4/c1-27-17-9-7-16(8-10-17)19-13-21(26)24(15-23-19)14-20(25)22-11-12-28-18-5-3-2-4-6-18/h2-10,13,15H,11-12,14H2,1H3,(H,22,25). The maximum Gasteiger partial charge on any atom is 0.254 e. The normalized spacial score (nSPS) is 10.3. The van der Waals surface area contributed by atoms with Crippen molar-refractivity contribution in [3.8, 4) is 22.8 Å². The second-order valence-corrected chi connectivity index (χ2v) is 5.98. The zero-order chi connectivity index (χ0) is 19.8. The van der Waals surface area contributed by atoms with Crippen LogP contribution in [0.5, 0.6) is 11.5 Å². The van der Waals surface area contributed by atoms with Gasteiger partial charge in [-0.2, -0.15) is 0 Å². The molecule has 1 aromatic heterocycles. The smallest absolute Gasteiger partial charge is 0.254 e. The molecule has 0 radical (unpaired) electrons. The summed E-state index contributed by atoms with van der Waals surface area (Å²) in [5.74, 6) is 1.19. The van der Waals surface area contributed by atoms with Crippen molar-refractivity contribution in [2.45, 2.75) is 6.54 Å². The number of rotatable bonds is 8. The Morgan fingerprint density at radius 3 is 2.50 bits per heavy atom. The Balaban J connectivity index is 1.52. The fourth-order valence-corrected chi connectivity index (χ4v) is 2.55. The second kappa shape index (κ2) is 9.36. The van der Waals surface area contributed by atoms with Crippen LogP contribution in [0.3, 0.4) is 0 Å². The maximum absolute atomic E-state index is 12.3. The van der Waals surface area contributed by atoms with E-state index in [4.69, 9.17) is 9.47 Å². The number of carbonyl (C=O) groups is 1. The minimum atomic E-state index is -0.295. The molecule has 3 aromatic rings. The van der Waals surface area contributed by atoms with Gasteiger partial charge in [0.2, 0.25) is 5.91 Å². The number of ether oxygens (including phenoxy) is 2. The number of aromatic nitrogens is 2. The molecule has 0 unspecified atom stereocenters. The van der Waals surface area contributed by atoms with E-state index in [0.29, 0.717) is 18.8 Å². The van der Waals surface area contributed by atoms with Gasteiger partial charge in [0.1, 0.15) is 24.7 Å². The van der Waals surface area contributed by atoms with Crippen LogP contribution in [-0.4, -0.2) is 35.7 Å². The average Bonchev–Trinajstić information content (AvgIpc) is 2.73. The molecule has 0 aliphatic heterocycles. The molecule has 1 N–H and O–H groups in total. The largest absolute Gasteiger partial charge is 0.497 e. The van der Waals surface area contributed by atoms with Crippen LogP contribution in [-0.2, 0) is 11.3 Å². The predicted molar refractivity (Wildman–Crippen MR) is 105 cm³/mol. The Kier molecular flexibility index (Phi) is 6.41. The van der Waals surface area contributed by atoms with E-state index in [1.807, 2.05) is 42.5 Å². The molecule has 2 aromatic carbocycles. The van der Waals surface area contributed by atoms with Crippen molar-refractivity contribution in [1.29, 1.82) is 0 Å². The quantitative estimate of drug-likeness (QED) is 0.606. The summed E-state index contributed by atoms with van der Waals surface area (Å²) in [5, 5.41) is 2.72. The zero-order valence-corrected chi connectivity index (χ0v) is 15.5. The molecule has 0 aliphatic carbocycles. The van der Waals surface area contributed by atoms with E-state index in [0.717, 1.165) is 17.1 Å². The van der Waals surface area contributed by atoms with Crippen LogP contribution in [0.1, 0.15) is 0 Å². The first-order valence-corrected chi connectivity index (χ1v) is 8.81. The van der Waals surface area contributed by atoms with Gasteiger partial charge in [-0.05, 0) is 36.4 Å². The van der Waals surface area contributed by atoms with Gasteiger partial charge < -0.3 is 14.8 Å². The molecule has 28 heavy (non-hydrogen) atoms. The van der Waals surface area contributed by atoms with E-state index in [2.05, 4.69) is 10.3 Å². The fraction of sp³-hybridized carbons (Fsp3) is 0.190. The van der Waals surface area contributed by atoms with Crippen LogP contribution in [0.4, 0.5) is 0 Å². The highest BCUT2D eigenvalue weighted by Gasteiger charge is 2.07. The fourth-order valence-electron chi connectivity index (χ4n) is 2.55. The monoisotopic (exact) mass is 379 g/mol. The minimum absolute atomic E-state index is 0.0972. The van der Waals surface area contributed by atoms with Crippen LogP contribution in [0.15, 0.2) is 71.8 Å². The number of methoxy groups -OCH3 is 1. The van der Waals surface area contributed by atoms with Crippen molar-refractivity contribution in [3.63, 3.8) is 0 Å².